The number of aliphatic hydroxyl groups is 1. The molecule has 1 aromatic carbocycles. The second-order valence-electron chi connectivity index (χ2n) is 9.03. The maximum atomic E-state index is 11.7. The van der Waals surface area contributed by atoms with Gasteiger partial charge >= 0.3 is 0 Å². The number of amides is 1. The van der Waals surface area contributed by atoms with Gasteiger partial charge < -0.3 is 29.7 Å². The SMILES string of the molecule is COc1ccc(CNCCCN2CCCC2=O)cc1OC[C@H](O)CN1CCCCCCC1. The molecule has 3 rings (SSSR count). The minimum Gasteiger partial charge on any atom is -0.493 e. The van der Waals surface area contributed by atoms with Crippen LogP contribution in [-0.4, -0.2) is 79.9 Å². The van der Waals surface area contributed by atoms with Crippen molar-refractivity contribution in [3.8, 4) is 11.5 Å². The molecule has 0 radical (unpaired) electrons. The van der Waals surface area contributed by atoms with Crippen LogP contribution in [0.2, 0.25) is 0 Å². The minimum atomic E-state index is -0.519. The lowest BCUT2D eigenvalue weighted by Crippen LogP contribution is -2.37. The summed E-state index contributed by atoms with van der Waals surface area (Å²) >= 11 is 0. The first kappa shape index (κ1) is 24.8. The Morgan fingerprint density at radius 3 is 2.56 bits per heavy atom. The van der Waals surface area contributed by atoms with Crippen molar-refractivity contribution >= 4 is 5.91 Å². The van der Waals surface area contributed by atoms with Crippen LogP contribution in [0.3, 0.4) is 0 Å². The average molecular weight is 448 g/mol. The zero-order valence-corrected chi connectivity index (χ0v) is 19.7. The number of carbonyl (C=O) groups excluding carboxylic acids is 1. The highest BCUT2D eigenvalue weighted by Crippen LogP contribution is 2.28. The number of likely N-dealkylation sites (tertiary alicyclic amines) is 2. The van der Waals surface area contributed by atoms with Crippen LogP contribution < -0.4 is 14.8 Å². The van der Waals surface area contributed by atoms with E-state index < -0.39 is 6.10 Å². The van der Waals surface area contributed by atoms with E-state index in [2.05, 4.69) is 10.2 Å². The minimum absolute atomic E-state index is 0.258. The predicted molar refractivity (Wildman–Crippen MR) is 126 cm³/mol. The van der Waals surface area contributed by atoms with Crippen molar-refractivity contribution in [1.82, 2.24) is 15.1 Å². The van der Waals surface area contributed by atoms with Gasteiger partial charge in [0.15, 0.2) is 11.5 Å². The lowest BCUT2D eigenvalue weighted by Gasteiger charge is -2.26. The third-order valence-corrected chi connectivity index (χ3v) is 6.36. The number of carbonyl (C=O) groups is 1. The molecule has 7 heteroatoms. The molecule has 0 saturated carbocycles. The molecular weight excluding hydrogens is 406 g/mol. The first-order valence-corrected chi connectivity index (χ1v) is 12.3. The number of ether oxygens (including phenoxy) is 2. The molecule has 1 aromatic rings. The Morgan fingerprint density at radius 2 is 1.84 bits per heavy atom. The van der Waals surface area contributed by atoms with Crippen molar-refractivity contribution in [1.29, 1.82) is 0 Å². The van der Waals surface area contributed by atoms with E-state index in [1.807, 2.05) is 23.1 Å². The van der Waals surface area contributed by atoms with Gasteiger partial charge in [0.05, 0.1) is 7.11 Å². The van der Waals surface area contributed by atoms with Gasteiger partial charge in [0, 0.05) is 32.6 Å². The largest absolute Gasteiger partial charge is 0.493 e. The number of methoxy groups -OCH3 is 1. The summed E-state index contributed by atoms with van der Waals surface area (Å²) in [7, 11) is 1.64. The highest BCUT2D eigenvalue weighted by Gasteiger charge is 2.19. The molecule has 7 nitrogen and oxygen atoms in total. The lowest BCUT2D eigenvalue weighted by atomic mass is 10.1. The number of rotatable bonds is 12. The number of β-amino-alcohol motifs (C(OH)–C–C–N with tert-alkyl or cyclic N) is 1. The molecule has 1 atom stereocenters. The predicted octanol–water partition coefficient (Wildman–Crippen LogP) is 2.80. The number of nitrogens with one attached hydrogen (secondary N) is 1. The van der Waals surface area contributed by atoms with Crippen LogP contribution in [0.15, 0.2) is 18.2 Å². The molecular formula is C25H41N3O4. The molecule has 2 N–H and O–H groups in total. The molecule has 0 unspecified atom stereocenters. The van der Waals surface area contributed by atoms with Crippen LogP contribution in [0.5, 0.6) is 11.5 Å². The van der Waals surface area contributed by atoms with Crippen LogP contribution in [0.25, 0.3) is 0 Å². The van der Waals surface area contributed by atoms with Crippen molar-refractivity contribution < 1.29 is 19.4 Å². The third kappa shape index (κ3) is 8.26. The Kier molecular flexibility index (Phi) is 10.6. The van der Waals surface area contributed by atoms with Crippen molar-refractivity contribution in [2.45, 2.75) is 64.0 Å². The normalized spacial score (nSPS) is 18.9. The molecule has 2 saturated heterocycles. The summed E-state index contributed by atoms with van der Waals surface area (Å²) in [5, 5.41) is 14.0. The first-order valence-electron chi connectivity index (χ1n) is 12.3. The lowest BCUT2D eigenvalue weighted by molar-refractivity contribution is -0.127. The summed E-state index contributed by atoms with van der Waals surface area (Å²) in [6.45, 7) is 6.36. The summed E-state index contributed by atoms with van der Waals surface area (Å²) in [6.07, 6.45) is 8.47. The van der Waals surface area contributed by atoms with E-state index in [4.69, 9.17) is 9.47 Å². The number of hydrogen-bond donors (Lipinski definition) is 2. The van der Waals surface area contributed by atoms with Crippen LogP contribution in [-0.2, 0) is 11.3 Å². The quantitative estimate of drug-likeness (QED) is 0.480. The standard InChI is InChI=1S/C25H41N3O4/c1-31-23-11-10-21(18-26-12-8-16-28-15-7-9-25(28)30)17-24(23)32-20-22(29)19-27-13-5-3-2-4-6-14-27/h10-11,17,22,26,29H,2-9,12-16,18-20H2,1H3/t22-/m1/s1. The molecule has 2 aliphatic heterocycles. The summed E-state index contributed by atoms with van der Waals surface area (Å²) in [5.41, 5.74) is 1.11. The van der Waals surface area contributed by atoms with Gasteiger partial charge in [-0.25, -0.2) is 0 Å². The summed E-state index contributed by atoms with van der Waals surface area (Å²) in [5.74, 6) is 1.64. The average Bonchev–Trinajstić information content (AvgIpc) is 3.18. The molecule has 0 bridgehead atoms. The van der Waals surface area contributed by atoms with Crippen LogP contribution in [0, 0.1) is 0 Å². The Bertz CT molecular complexity index is 692. The molecule has 2 heterocycles. The highest BCUT2D eigenvalue weighted by molar-refractivity contribution is 5.77. The van der Waals surface area contributed by atoms with Crippen LogP contribution in [0.4, 0.5) is 0 Å². The van der Waals surface area contributed by atoms with Crippen LogP contribution in [0.1, 0.15) is 56.9 Å². The van der Waals surface area contributed by atoms with Crippen LogP contribution >= 0.6 is 0 Å². The van der Waals surface area contributed by atoms with Gasteiger partial charge in [0.1, 0.15) is 12.7 Å². The van der Waals surface area contributed by atoms with Gasteiger partial charge in [0.2, 0.25) is 5.91 Å². The fourth-order valence-corrected chi connectivity index (χ4v) is 4.54. The maximum Gasteiger partial charge on any atom is 0.222 e. The van der Waals surface area contributed by atoms with E-state index in [9.17, 15) is 9.90 Å². The zero-order valence-electron chi connectivity index (χ0n) is 19.7. The van der Waals surface area contributed by atoms with Crippen molar-refractivity contribution in [3.63, 3.8) is 0 Å². The molecule has 2 aliphatic rings. The highest BCUT2D eigenvalue weighted by atomic mass is 16.5. The van der Waals surface area contributed by atoms with E-state index >= 15 is 0 Å². The first-order chi connectivity index (χ1) is 15.7. The zero-order chi connectivity index (χ0) is 22.6. The van der Waals surface area contributed by atoms with E-state index in [-0.39, 0.29) is 12.5 Å². The van der Waals surface area contributed by atoms with Gasteiger partial charge in [-0.1, -0.05) is 25.3 Å². The topological polar surface area (TPSA) is 74.3 Å². The summed E-state index contributed by atoms with van der Waals surface area (Å²) in [4.78, 5) is 16.0. The molecule has 2 fully saturated rings. The molecule has 1 amide bonds. The van der Waals surface area contributed by atoms with Crippen molar-refractivity contribution in [2.75, 3.05) is 53.0 Å². The third-order valence-electron chi connectivity index (χ3n) is 6.36. The maximum absolute atomic E-state index is 11.7. The van der Waals surface area contributed by atoms with E-state index in [1.165, 1.54) is 32.1 Å². The second-order valence-corrected chi connectivity index (χ2v) is 9.03. The number of benzene rings is 1. The van der Waals surface area contributed by atoms with E-state index in [1.54, 1.807) is 7.11 Å². The molecule has 32 heavy (non-hydrogen) atoms. The van der Waals surface area contributed by atoms with Crippen molar-refractivity contribution in [2.24, 2.45) is 0 Å². The smallest absolute Gasteiger partial charge is 0.222 e. The van der Waals surface area contributed by atoms with E-state index in [0.29, 0.717) is 24.5 Å². The number of aliphatic hydroxyl groups excluding tert-OH is 1. The number of nitrogens with zero attached hydrogens (tertiary/aromatic N) is 2. The van der Waals surface area contributed by atoms with Gasteiger partial charge in [-0.05, 0) is 63.0 Å². The monoisotopic (exact) mass is 447 g/mol. The van der Waals surface area contributed by atoms with Gasteiger partial charge in [0.25, 0.3) is 0 Å². The Balaban J connectivity index is 1.40. The Labute approximate surface area is 193 Å². The van der Waals surface area contributed by atoms with Gasteiger partial charge in [-0.2, -0.15) is 0 Å². The van der Waals surface area contributed by atoms with E-state index in [0.717, 1.165) is 57.7 Å². The fraction of sp³-hybridized carbons (Fsp3) is 0.720. The van der Waals surface area contributed by atoms with Crippen molar-refractivity contribution in [3.05, 3.63) is 23.8 Å². The summed E-state index contributed by atoms with van der Waals surface area (Å²) < 4.78 is 11.4. The fourth-order valence-electron chi connectivity index (χ4n) is 4.54. The molecule has 0 aliphatic carbocycles. The Hall–Kier alpha value is -1.83. The molecule has 180 valence electrons. The summed E-state index contributed by atoms with van der Waals surface area (Å²) in [6, 6.07) is 5.93. The number of hydrogen-bond acceptors (Lipinski definition) is 6. The Morgan fingerprint density at radius 1 is 1.06 bits per heavy atom. The van der Waals surface area contributed by atoms with Gasteiger partial charge in [-0.15, -0.1) is 0 Å². The molecule has 0 aromatic heterocycles. The molecule has 0 spiro atoms. The second kappa shape index (κ2) is 13.7. The van der Waals surface area contributed by atoms with Gasteiger partial charge in [-0.3, -0.25) is 4.79 Å².